The number of benzene rings is 3. The molecule has 8 heteroatoms. The highest BCUT2D eigenvalue weighted by molar-refractivity contribution is 5.55. The normalized spacial score (nSPS) is 11.6. The Morgan fingerprint density at radius 3 is 1.69 bits per heavy atom. The second-order valence-corrected chi connectivity index (χ2v) is 7.99. The lowest BCUT2D eigenvalue weighted by atomic mass is 10.2. The summed E-state index contributed by atoms with van der Waals surface area (Å²) in [6.07, 6.45) is 3.36. The molecule has 0 amide bonds. The van der Waals surface area contributed by atoms with Gasteiger partial charge in [0.2, 0.25) is 0 Å². The molecule has 1 aromatic heterocycles. The molecule has 0 N–H and O–H groups in total. The van der Waals surface area contributed by atoms with E-state index in [0.29, 0.717) is 5.69 Å². The maximum absolute atomic E-state index is 4.39. The molecule has 180 valence electrons. The highest BCUT2D eigenvalue weighted by atomic mass is 15.1. The van der Waals surface area contributed by atoms with Gasteiger partial charge in [0, 0.05) is 25.0 Å². The fourth-order valence-electron chi connectivity index (χ4n) is 3.47. The van der Waals surface area contributed by atoms with Crippen LogP contribution in [0.25, 0.3) is 0 Å². The SMILES string of the molecule is CCN(CC)c1ccc(N=Nc2ccc(N=Nc3ccc(N=Nc4cccnc4)cc3)c(C)c2)cc1. The number of nitrogens with zero attached hydrogens (tertiary/aromatic N) is 8. The van der Waals surface area contributed by atoms with E-state index in [0.717, 1.165) is 47.1 Å². The van der Waals surface area contributed by atoms with Crippen molar-refractivity contribution in [1.29, 1.82) is 0 Å². The first-order valence-corrected chi connectivity index (χ1v) is 11.9. The fraction of sp³-hybridized carbons (Fsp3) is 0.179. The van der Waals surface area contributed by atoms with E-state index < -0.39 is 0 Å². The predicted octanol–water partition coefficient (Wildman–Crippen LogP) is 9.48. The average molecular weight is 477 g/mol. The quantitative estimate of drug-likeness (QED) is 0.225. The maximum Gasteiger partial charge on any atom is 0.104 e. The van der Waals surface area contributed by atoms with E-state index in [1.165, 1.54) is 5.69 Å². The smallest absolute Gasteiger partial charge is 0.104 e. The van der Waals surface area contributed by atoms with Gasteiger partial charge in [0.05, 0.1) is 34.6 Å². The van der Waals surface area contributed by atoms with E-state index in [2.05, 4.69) is 66.5 Å². The predicted molar refractivity (Wildman–Crippen MR) is 144 cm³/mol. The van der Waals surface area contributed by atoms with Gasteiger partial charge < -0.3 is 4.90 Å². The number of hydrogen-bond acceptors (Lipinski definition) is 8. The van der Waals surface area contributed by atoms with Crippen molar-refractivity contribution in [2.45, 2.75) is 20.8 Å². The van der Waals surface area contributed by atoms with Crippen molar-refractivity contribution in [1.82, 2.24) is 4.98 Å². The summed E-state index contributed by atoms with van der Waals surface area (Å²) in [6.45, 7) is 8.23. The van der Waals surface area contributed by atoms with E-state index in [-0.39, 0.29) is 0 Å². The van der Waals surface area contributed by atoms with Crippen LogP contribution in [0.4, 0.5) is 39.8 Å². The largest absolute Gasteiger partial charge is 0.372 e. The van der Waals surface area contributed by atoms with Gasteiger partial charge >= 0.3 is 0 Å². The summed E-state index contributed by atoms with van der Waals surface area (Å²) in [5, 5.41) is 25.8. The molecule has 0 aliphatic rings. The van der Waals surface area contributed by atoms with Crippen LogP contribution < -0.4 is 4.90 Å². The molecule has 0 bridgehead atoms. The number of anilines is 1. The number of pyridine rings is 1. The molecule has 8 nitrogen and oxygen atoms in total. The standard InChI is InChI=1S/C28H28N8/c1-4-36(5-2)27-15-12-24(13-16-27)30-33-25-14-17-28(21(3)19-25)35-32-23-10-8-22(9-11-23)31-34-26-7-6-18-29-20-26/h6-20H,4-5H2,1-3H3. The molecule has 0 unspecified atom stereocenters. The molecule has 0 spiro atoms. The number of aryl methyl sites for hydroxylation is 1. The van der Waals surface area contributed by atoms with Crippen LogP contribution in [0.1, 0.15) is 19.4 Å². The van der Waals surface area contributed by atoms with Crippen LogP contribution in [0.5, 0.6) is 0 Å². The van der Waals surface area contributed by atoms with Crippen LogP contribution >= 0.6 is 0 Å². The lowest BCUT2D eigenvalue weighted by molar-refractivity contribution is 0.866. The number of hydrogen-bond donors (Lipinski definition) is 0. The van der Waals surface area contributed by atoms with Gasteiger partial charge in [-0.3, -0.25) is 4.98 Å². The Bertz CT molecular complexity index is 1340. The minimum Gasteiger partial charge on any atom is -0.372 e. The minimum absolute atomic E-state index is 0.702. The summed E-state index contributed by atoms with van der Waals surface area (Å²) in [5.41, 5.74) is 6.67. The molecule has 0 fully saturated rings. The van der Waals surface area contributed by atoms with Crippen LogP contribution in [0.2, 0.25) is 0 Å². The van der Waals surface area contributed by atoms with Gasteiger partial charge in [-0.05, 0) is 105 Å². The van der Waals surface area contributed by atoms with Gasteiger partial charge in [0.15, 0.2) is 0 Å². The molecule has 3 aromatic carbocycles. The monoisotopic (exact) mass is 476 g/mol. The zero-order chi connectivity index (χ0) is 25.2. The summed E-state index contributed by atoms with van der Waals surface area (Å²) < 4.78 is 0. The Hall–Kier alpha value is -4.59. The van der Waals surface area contributed by atoms with Crippen molar-refractivity contribution in [2.75, 3.05) is 18.0 Å². The third kappa shape index (κ3) is 6.73. The zero-order valence-corrected chi connectivity index (χ0v) is 20.7. The van der Waals surface area contributed by atoms with Gasteiger partial charge in [0.1, 0.15) is 5.69 Å². The first kappa shape index (κ1) is 24.5. The lowest BCUT2D eigenvalue weighted by Crippen LogP contribution is -2.21. The lowest BCUT2D eigenvalue weighted by Gasteiger charge is -2.20. The molecular weight excluding hydrogens is 448 g/mol. The molecule has 0 aliphatic carbocycles. The first-order chi connectivity index (χ1) is 17.6. The van der Waals surface area contributed by atoms with Crippen LogP contribution in [-0.2, 0) is 0 Å². The van der Waals surface area contributed by atoms with Crippen LogP contribution in [0.15, 0.2) is 122 Å². The highest BCUT2D eigenvalue weighted by Gasteiger charge is 2.02. The van der Waals surface area contributed by atoms with Crippen molar-refractivity contribution in [3.8, 4) is 0 Å². The summed E-state index contributed by atoms with van der Waals surface area (Å²) in [4.78, 5) is 6.31. The Kier molecular flexibility index (Phi) is 8.32. The number of aromatic nitrogens is 1. The average Bonchev–Trinajstić information content (AvgIpc) is 2.93. The Labute approximate surface area is 211 Å². The van der Waals surface area contributed by atoms with Crippen molar-refractivity contribution in [3.05, 3.63) is 96.8 Å². The molecule has 4 aromatic rings. The topological polar surface area (TPSA) is 90.3 Å². The molecule has 4 rings (SSSR count). The fourth-order valence-corrected chi connectivity index (χ4v) is 3.47. The van der Waals surface area contributed by atoms with Crippen molar-refractivity contribution in [2.24, 2.45) is 30.7 Å². The van der Waals surface area contributed by atoms with Gasteiger partial charge in [0.25, 0.3) is 0 Å². The van der Waals surface area contributed by atoms with Crippen LogP contribution in [0.3, 0.4) is 0 Å². The minimum atomic E-state index is 0.702. The van der Waals surface area contributed by atoms with Gasteiger partial charge in [-0.25, -0.2) is 0 Å². The van der Waals surface area contributed by atoms with Crippen LogP contribution in [-0.4, -0.2) is 18.1 Å². The molecule has 1 heterocycles. The molecule has 0 aliphatic heterocycles. The van der Waals surface area contributed by atoms with E-state index in [4.69, 9.17) is 0 Å². The Balaban J connectivity index is 1.37. The molecule has 0 radical (unpaired) electrons. The Morgan fingerprint density at radius 2 is 1.14 bits per heavy atom. The molecule has 0 saturated carbocycles. The second kappa shape index (κ2) is 12.2. The molecule has 36 heavy (non-hydrogen) atoms. The van der Waals surface area contributed by atoms with E-state index in [1.54, 1.807) is 12.4 Å². The maximum atomic E-state index is 4.39. The third-order valence-electron chi connectivity index (χ3n) is 5.49. The van der Waals surface area contributed by atoms with Gasteiger partial charge in [-0.2, -0.15) is 25.6 Å². The zero-order valence-electron chi connectivity index (χ0n) is 20.7. The van der Waals surface area contributed by atoms with Crippen LogP contribution in [0, 0.1) is 6.92 Å². The third-order valence-corrected chi connectivity index (χ3v) is 5.49. The van der Waals surface area contributed by atoms with Crippen molar-refractivity contribution >= 4 is 39.8 Å². The van der Waals surface area contributed by atoms with Crippen molar-refractivity contribution < 1.29 is 0 Å². The molecule has 0 atom stereocenters. The first-order valence-electron chi connectivity index (χ1n) is 11.9. The summed E-state index contributed by atoms with van der Waals surface area (Å²) >= 11 is 0. The van der Waals surface area contributed by atoms with Gasteiger partial charge in [-0.1, -0.05) is 0 Å². The van der Waals surface area contributed by atoms with Gasteiger partial charge in [-0.15, -0.1) is 5.11 Å². The van der Waals surface area contributed by atoms with E-state index in [1.807, 2.05) is 73.7 Å². The summed E-state index contributed by atoms with van der Waals surface area (Å²) in [6, 6.07) is 24.9. The summed E-state index contributed by atoms with van der Waals surface area (Å²) in [7, 11) is 0. The summed E-state index contributed by atoms with van der Waals surface area (Å²) in [5.74, 6) is 0. The molecule has 0 saturated heterocycles. The van der Waals surface area contributed by atoms with Crippen molar-refractivity contribution in [3.63, 3.8) is 0 Å². The molecular formula is C28H28N8. The van der Waals surface area contributed by atoms with E-state index >= 15 is 0 Å². The Morgan fingerprint density at radius 1 is 0.611 bits per heavy atom. The number of azo groups is 3. The number of rotatable bonds is 9. The van der Waals surface area contributed by atoms with E-state index in [9.17, 15) is 0 Å². The second-order valence-electron chi connectivity index (χ2n) is 7.99. The highest BCUT2D eigenvalue weighted by Crippen LogP contribution is 2.28.